The largest absolute Gasteiger partial charge is 0.353 e. The summed E-state index contributed by atoms with van der Waals surface area (Å²) in [6.07, 6.45) is 0.878. The zero-order valence-corrected chi connectivity index (χ0v) is 10.4. The maximum atomic E-state index is 12.2. The number of aromatic amines is 2. The number of rotatable bonds is 2. The van der Waals surface area contributed by atoms with Gasteiger partial charge in [0.2, 0.25) is 0 Å². The summed E-state index contributed by atoms with van der Waals surface area (Å²) in [6.45, 7) is 5.95. The average Bonchev–Trinajstić information content (AvgIpc) is 2.58. The smallest absolute Gasteiger partial charge is 0.278 e. The van der Waals surface area contributed by atoms with Gasteiger partial charge in [0.15, 0.2) is 4.77 Å². The summed E-state index contributed by atoms with van der Waals surface area (Å²) in [6, 6.07) is 2.01. The van der Waals surface area contributed by atoms with Gasteiger partial charge in [0, 0.05) is 11.7 Å². The Kier molecular flexibility index (Phi) is 2.71. The van der Waals surface area contributed by atoms with Crippen LogP contribution in [-0.4, -0.2) is 14.5 Å². The van der Waals surface area contributed by atoms with E-state index in [1.807, 2.05) is 26.8 Å². The molecule has 0 amide bonds. The van der Waals surface area contributed by atoms with Crippen LogP contribution in [0, 0.1) is 11.7 Å². The third-order valence-electron chi connectivity index (χ3n) is 2.88. The first kappa shape index (κ1) is 11.1. The van der Waals surface area contributed by atoms with Crippen molar-refractivity contribution in [3.63, 3.8) is 0 Å². The summed E-state index contributed by atoms with van der Waals surface area (Å²) in [4.78, 5) is 18.4. The molecule has 2 N–H and O–H groups in total. The second-order valence-electron chi connectivity index (χ2n) is 4.10. The first-order chi connectivity index (χ1) is 7.54. The van der Waals surface area contributed by atoms with E-state index in [4.69, 9.17) is 12.2 Å². The van der Waals surface area contributed by atoms with Crippen LogP contribution in [0.5, 0.6) is 0 Å². The molecule has 0 saturated heterocycles. The molecule has 4 nitrogen and oxygen atoms in total. The number of aryl methyl sites for hydroxylation is 1. The fourth-order valence-electron chi connectivity index (χ4n) is 1.83. The lowest BCUT2D eigenvalue weighted by molar-refractivity contribution is 0.504. The molecule has 16 heavy (non-hydrogen) atoms. The summed E-state index contributed by atoms with van der Waals surface area (Å²) in [5, 5.41) is 0. The third kappa shape index (κ3) is 1.61. The van der Waals surface area contributed by atoms with Crippen molar-refractivity contribution in [2.24, 2.45) is 0 Å². The highest BCUT2D eigenvalue weighted by Crippen LogP contribution is 2.12. The molecule has 0 unspecified atom stereocenters. The van der Waals surface area contributed by atoms with Gasteiger partial charge in [-0.1, -0.05) is 6.92 Å². The molecule has 0 spiro atoms. The second kappa shape index (κ2) is 3.90. The highest BCUT2D eigenvalue weighted by molar-refractivity contribution is 7.71. The first-order valence-electron chi connectivity index (χ1n) is 5.38. The van der Waals surface area contributed by atoms with Crippen molar-refractivity contribution in [2.45, 2.75) is 33.2 Å². The van der Waals surface area contributed by atoms with E-state index in [9.17, 15) is 4.79 Å². The number of H-pyrrole nitrogens is 2. The molecule has 0 aromatic carbocycles. The van der Waals surface area contributed by atoms with Gasteiger partial charge in [0.1, 0.15) is 5.52 Å². The Bertz CT molecular complexity index is 635. The lowest BCUT2D eigenvalue weighted by atomic mass is 10.2. The van der Waals surface area contributed by atoms with Gasteiger partial charge in [0.05, 0.1) is 5.52 Å². The maximum absolute atomic E-state index is 12.2. The van der Waals surface area contributed by atoms with Crippen LogP contribution in [-0.2, 0) is 0 Å². The lowest BCUT2D eigenvalue weighted by Gasteiger charge is -2.12. The van der Waals surface area contributed by atoms with Crippen LogP contribution >= 0.6 is 12.2 Å². The zero-order valence-electron chi connectivity index (χ0n) is 9.63. The van der Waals surface area contributed by atoms with E-state index in [2.05, 4.69) is 9.97 Å². The Labute approximate surface area is 98.3 Å². The first-order valence-corrected chi connectivity index (χ1v) is 5.79. The standard InChI is InChI=1S/C11H15N3OS/c1-4-7(3)14-10(15)9-8(13-11(14)16)5-6(2)12-9/h5,7,12H,4H2,1-3H3,(H,13,16)/t7-/m1/s1. The van der Waals surface area contributed by atoms with Gasteiger partial charge in [-0.15, -0.1) is 0 Å². The summed E-state index contributed by atoms with van der Waals surface area (Å²) in [5.41, 5.74) is 2.30. The summed E-state index contributed by atoms with van der Waals surface area (Å²) in [5.74, 6) is 0. The van der Waals surface area contributed by atoms with Crippen LogP contribution in [0.3, 0.4) is 0 Å². The van der Waals surface area contributed by atoms with Crippen LogP contribution in [0.25, 0.3) is 11.0 Å². The molecular weight excluding hydrogens is 222 g/mol. The fraction of sp³-hybridized carbons (Fsp3) is 0.455. The molecule has 5 heteroatoms. The molecule has 0 aliphatic heterocycles. The molecule has 2 heterocycles. The average molecular weight is 237 g/mol. The van der Waals surface area contributed by atoms with Crippen LogP contribution < -0.4 is 5.56 Å². The highest BCUT2D eigenvalue weighted by Gasteiger charge is 2.11. The van der Waals surface area contributed by atoms with Crippen LogP contribution in [0.2, 0.25) is 0 Å². The van der Waals surface area contributed by atoms with Gasteiger partial charge in [-0.25, -0.2) is 0 Å². The molecular formula is C11H15N3OS. The van der Waals surface area contributed by atoms with Gasteiger partial charge in [-0.05, 0) is 38.6 Å². The van der Waals surface area contributed by atoms with E-state index in [1.165, 1.54) is 0 Å². The Morgan fingerprint density at radius 2 is 2.19 bits per heavy atom. The van der Waals surface area contributed by atoms with Crippen molar-refractivity contribution >= 4 is 23.3 Å². The number of hydrogen-bond donors (Lipinski definition) is 2. The minimum absolute atomic E-state index is 0.0406. The number of nitrogens with one attached hydrogen (secondary N) is 2. The number of nitrogens with zero attached hydrogens (tertiary/aromatic N) is 1. The molecule has 0 aliphatic rings. The minimum atomic E-state index is -0.0406. The number of hydrogen-bond acceptors (Lipinski definition) is 2. The fourth-order valence-corrected chi connectivity index (χ4v) is 2.20. The molecule has 2 aromatic heterocycles. The van der Waals surface area contributed by atoms with Crippen molar-refractivity contribution in [3.8, 4) is 0 Å². The predicted molar refractivity (Wildman–Crippen MR) is 67.5 cm³/mol. The van der Waals surface area contributed by atoms with Crippen molar-refractivity contribution in [1.82, 2.24) is 14.5 Å². The van der Waals surface area contributed by atoms with Crippen molar-refractivity contribution in [2.75, 3.05) is 0 Å². The maximum Gasteiger partial charge on any atom is 0.278 e. The summed E-state index contributed by atoms with van der Waals surface area (Å²) in [7, 11) is 0. The monoisotopic (exact) mass is 237 g/mol. The molecule has 2 rings (SSSR count). The Morgan fingerprint density at radius 3 is 2.81 bits per heavy atom. The van der Waals surface area contributed by atoms with Crippen LogP contribution in [0.4, 0.5) is 0 Å². The molecule has 1 atom stereocenters. The second-order valence-corrected chi connectivity index (χ2v) is 4.49. The van der Waals surface area contributed by atoms with Gasteiger partial charge < -0.3 is 9.97 Å². The van der Waals surface area contributed by atoms with Crippen LogP contribution in [0.1, 0.15) is 32.0 Å². The van der Waals surface area contributed by atoms with Crippen molar-refractivity contribution in [1.29, 1.82) is 0 Å². The predicted octanol–water partition coefficient (Wildman–Crippen LogP) is 2.67. The number of aromatic nitrogens is 3. The van der Waals surface area contributed by atoms with E-state index in [0.717, 1.165) is 17.6 Å². The molecule has 0 bridgehead atoms. The Hall–Kier alpha value is -1.36. The Morgan fingerprint density at radius 1 is 1.50 bits per heavy atom. The van der Waals surface area contributed by atoms with E-state index in [-0.39, 0.29) is 11.6 Å². The van der Waals surface area contributed by atoms with E-state index >= 15 is 0 Å². The Balaban J connectivity index is 2.85. The quantitative estimate of drug-likeness (QED) is 0.789. The normalized spacial score (nSPS) is 13.2. The SMILES string of the molecule is CC[C@@H](C)n1c(=S)[nH]c2cc(C)[nH]c2c1=O. The lowest BCUT2D eigenvalue weighted by Crippen LogP contribution is -2.24. The highest BCUT2D eigenvalue weighted by atomic mass is 32.1. The van der Waals surface area contributed by atoms with Gasteiger partial charge >= 0.3 is 0 Å². The van der Waals surface area contributed by atoms with Gasteiger partial charge in [-0.2, -0.15) is 0 Å². The molecule has 2 aromatic rings. The van der Waals surface area contributed by atoms with Crippen molar-refractivity contribution < 1.29 is 0 Å². The summed E-state index contributed by atoms with van der Waals surface area (Å²) >= 11 is 5.21. The minimum Gasteiger partial charge on any atom is -0.353 e. The van der Waals surface area contributed by atoms with Gasteiger partial charge in [0.25, 0.3) is 5.56 Å². The molecule has 86 valence electrons. The van der Waals surface area contributed by atoms with E-state index in [1.54, 1.807) is 4.57 Å². The van der Waals surface area contributed by atoms with Crippen molar-refractivity contribution in [3.05, 3.63) is 26.9 Å². The third-order valence-corrected chi connectivity index (χ3v) is 3.18. The zero-order chi connectivity index (χ0) is 11.9. The summed E-state index contributed by atoms with van der Waals surface area (Å²) < 4.78 is 2.12. The molecule has 0 fully saturated rings. The topological polar surface area (TPSA) is 53.6 Å². The molecule has 0 saturated carbocycles. The van der Waals surface area contributed by atoms with Gasteiger partial charge in [-0.3, -0.25) is 9.36 Å². The van der Waals surface area contributed by atoms with Crippen LogP contribution in [0.15, 0.2) is 10.9 Å². The number of fused-ring (bicyclic) bond motifs is 1. The molecule has 0 radical (unpaired) electrons. The molecule has 0 aliphatic carbocycles. The van der Waals surface area contributed by atoms with E-state index < -0.39 is 0 Å². The van der Waals surface area contributed by atoms with E-state index in [0.29, 0.717) is 10.3 Å².